The van der Waals surface area contributed by atoms with Gasteiger partial charge in [0.2, 0.25) is 0 Å². The van der Waals surface area contributed by atoms with Crippen LogP contribution in [0, 0.1) is 0 Å². The van der Waals surface area contributed by atoms with Gasteiger partial charge in [-0.1, -0.05) is 51.9 Å². The smallest absolute Gasteiger partial charge is 0.0697 e. The van der Waals surface area contributed by atoms with Crippen LogP contribution in [0.15, 0.2) is 0 Å². The zero-order valence-electron chi connectivity index (χ0n) is 13.8. The molecule has 1 aliphatic carbocycles. The number of unbranched alkanes of at least 4 members (excludes halogenated alkanes) is 3. The molecule has 2 fully saturated rings. The monoisotopic (exact) mass is 281 g/mol. The maximum absolute atomic E-state index is 6.19. The van der Waals surface area contributed by atoms with Crippen LogP contribution in [0.3, 0.4) is 0 Å². The van der Waals surface area contributed by atoms with Gasteiger partial charge in [0.15, 0.2) is 0 Å². The van der Waals surface area contributed by atoms with Crippen LogP contribution in [0.2, 0.25) is 0 Å². The van der Waals surface area contributed by atoms with Gasteiger partial charge in [-0.3, -0.25) is 0 Å². The first-order valence-corrected chi connectivity index (χ1v) is 9.14. The van der Waals surface area contributed by atoms with Gasteiger partial charge < -0.3 is 10.1 Å². The summed E-state index contributed by atoms with van der Waals surface area (Å²) < 4.78 is 6.19. The number of ether oxygens (including phenoxy) is 1. The SMILES string of the molecule is CCCCCCC(C)NC1CCOC2(CCCCC2)C1. The molecule has 1 spiro atoms. The lowest BCUT2D eigenvalue weighted by atomic mass is 9.78. The second kappa shape index (κ2) is 8.38. The number of rotatable bonds is 7. The summed E-state index contributed by atoms with van der Waals surface area (Å²) in [6.45, 7) is 5.63. The summed E-state index contributed by atoms with van der Waals surface area (Å²) in [5, 5.41) is 3.89. The van der Waals surface area contributed by atoms with E-state index >= 15 is 0 Å². The van der Waals surface area contributed by atoms with Gasteiger partial charge in [0, 0.05) is 18.7 Å². The molecule has 2 nitrogen and oxygen atoms in total. The molecule has 0 amide bonds. The van der Waals surface area contributed by atoms with Crippen molar-refractivity contribution in [1.29, 1.82) is 0 Å². The molecule has 0 bridgehead atoms. The van der Waals surface area contributed by atoms with E-state index < -0.39 is 0 Å². The molecule has 0 aromatic heterocycles. The highest BCUT2D eigenvalue weighted by Crippen LogP contribution is 2.38. The molecule has 20 heavy (non-hydrogen) atoms. The molecular formula is C18H35NO. The van der Waals surface area contributed by atoms with Gasteiger partial charge in [0.1, 0.15) is 0 Å². The van der Waals surface area contributed by atoms with Crippen LogP contribution in [0.25, 0.3) is 0 Å². The van der Waals surface area contributed by atoms with E-state index in [0.29, 0.717) is 12.1 Å². The van der Waals surface area contributed by atoms with E-state index in [2.05, 4.69) is 19.2 Å². The molecule has 0 radical (unpaired) electrons. The molecule has 118 valence electrons. The van der Waals surface area contributed by atoms with Crippen LogP contribution < -0.4 is 5.32 Å². The maximum Gasteiger partial charge on any atom is 0.0697 e. The normalized spacial score (nSPS) is 27.6. The lowest BCUT2D eigenvalue weighted by molar-refractivity contribution is -0.110. The molecule has 1 aliphatic heterocycles. The Labute approximate surface area is 126 Å². The third-order valence-electron chi connectivity index (χ3n) is 5.27. The molecule has 2 rings (SSSR count). The topological polar surface area (TPSA) is 21.3 Å². The fourth-order valence-electron chi connectivity index (χ4n) is 4.08. The summed E-state index contributed by atoms with van der Waals surface area (Å²) in [4.78, 5) is 0. The Bertz CT molecular complexity index is 255. The minimum atomic E-state index is 0.246. The zero-order valence-corrected chi connectivity index (χ0v) is 13.8. The fraction of sp³-hybridized carbons (Fsp3) is 1.00. The van der Waals surface area contributed by atoms with Gasteiger partial charge in [-0.2, -0.15) is 0 Å². The summed E-state index contributed by atoms with van der Waals surface area (Å²) in [5.41, 5.74) is 0.246. The molecule has 2 heteroatoms. The lowest BCUT2D eigenvalue weighted by Crippen LogP contribution is -2.50. The minimum Gasteiger partial charge on any atom is -0.375 e. The van der Waals surface area contributed by atoms with Crippen molar-refractivity contribution in [3.8, 4) is 0 Å². The quantitative estimate of drug-likeness (QED) is 0.676. The van der Waals surface area contributed by atoms with E-state index in [0.717, 1.165) is 6.61 Å². The Hall–Kier alpha value is -0.0800. The molecule has 1 saturated carbocycles. The van der Waals surface area contributed by atoms with Crippen molar-refractivity contribution >= 4 is 0 Å². The lowest BCUT2D eigenvalue weighted by Gasteiger charge is -2.44. The van der Waals surface area contributed by atoms with Crippen molar-refractivity contribution < 1.29 is 4.74 Å². The van der Waals surface area contributed by atoms with Crippen LogP contribution >= 0.6 is 0 Å². The third kappa shape index (κ3) is 5.04. The van der Waals surface area contributed by atoms with E-state index in [1.54, 1.807) is 0 Å². The summed E-state index contributed by atoms with van der Waals surface area (Å²) in [7, 11) is 0. The maximum atomic E-state index is 6.19. The zero-order chi connectivity index (χ0) is 14.3. The highest BCUT2D eigenvalue weighted by atomic mass is 16.5. The van der Waals surface area contributed by atoms with Crippen molar-refractivity contribution in [2.75, 3.05) is 6.61 Å². The Morgan fingerprint density at radius 3 is 2.70 bits per heavy atom. The van der Waals surface area contributed by atoms with Crippen LogP contribution in [-0.4, -0.2) is 24.3 Å². The van der Waals surface area contributed by atoms with Crippen LogP contribution in [0.5, 0.6) is 0 Å². The number of nitrogens with one attached hydrogen (secondary N) is 1. The average molecular weight is 281 g/mol. The van der Waals surface area contributed by atoms with Crippen molar-refractivity contribution in [2.24, 2.45) is 0 Å². The summed E-state index contributed by atoms with van der Waals surface area (Å²) >= 11 is 0. The molecule has 1 N–H and O–H groups in total. The van der Waals surface area contributed by atoms with Gasteiger partial charge in [-0.05, 0) is 39.0 Å². The number of hydrogen-bond acceptors (Lipinski definition) is 2. The van der Waals surface area contributed by atoms with Crippen molar-refractivity contribution in [2.45, 2.75) is 109 Å². The molecule has 2 unspecified atom stereocenters. The highest BCUT2D eigenvalue weighted by Gasteiger charge is 2.38. The Morgan fingerprint density at radius 2 is 1.95 bits per heavy atom. The molecule has 1 saturated heterocycles. The standard InChI is InChI=1S/C18H35NO/c1-3-4-5-7-10-16(2)19-17-11-14-20-18(15-17)12-8-6-9-13-18/h16-17,19H,3-15H2,1-2H3. The predicted octanol–water partition coefficient (Wildman–Crippen LogP) is 4.82. The van der Waals surface area contributed by atoms with E-state index in [9.17, 15) is 0 Å². The van der Waals surface area contributed by atoms with Crippen LogP contribution in [0.4, 0.5) is 0 Å². The van der Waals surface area contributed by atoms with Gasteiger partial charge in [-0.15, -0.1) is 0 Å². The largest absolute Gasteiger partial charge is 0.375 e. The van der Waals surface area contributed by atoms with Crippen LogP contribution in [0.1, 0.15) is 90.9 Å². The predicted molar refractivity (Wildman–Crippen MR) is 86.1 cm³/mol. The van der Waals surface area contributed by atoms with Crippen molar-refractivity contribution in [3.63, 3.8) is 0 Å². The Balaban J connectivity index is 1.69. The van der Waals surface area contributed by atoms with E-state index in [-0.39, 0.29) is 5.60 Å². The number of hydrogen-bond donors (Lipinski definition) is 1. The summed E-state index contributed by atoms with van der Waals surface area (Å²) in [5.74, 6) is 0. The molecular weight excluding hydrogens is 246 g/mol. The highest BCUT2D eigenvalue weighted by molar-refractivity contribution is 4.92. The molecule has 0 aromatic carbocycles. The average Bonchev–Trinajstić information content (AvgIpc) is 2.44. The summed E-state index contributed by atoms with van der Waals surface area (Å²) in [6.07, 6.45) is 16.1. The van der Waals surface area contributed by atoms with E-state index in [1.807, 2.05) is 0 Å². The molecule has 2 aliphatic rings. The fourth-order valence-corrected chi connectivity index (χ4v) is 4.08. The minimum absolute atomic E-state index is 0.246. The van der Waals surface area contributed by atoms with E-state index in [1.165, 1.54) is 77.0 Å². The van der Waals surface area contributed by atoms with Gasteiger partial charge in [0.05, 0.1) is 5.60 Å². The first-order chi connectivity index (χ1) is 9.74. The molecule has 0 aromatic rings. The van der Waals surface area contributed by atoms with Crippen molar-refractivity contribution in [3.05, 3.63) is 0 Å². The Kier molecular flexibility index (Phi) is 6.83. The van der Waals surface area contributed by atoms with Gasteiger partial charge in [0.25, 0.3) is 0 Å². The first-order valence-electron chi connectivity index (χ1n) is 9.14. The van der Waals surface area contributed by atoms with E-state index in [4.69, 9.17) is 4.74 Å². The molecule has 2 atom stereocenters. The first kappa shape index (κ1) is 16.3. The molecule has 1 heterocycles. The van der Waals surface area contributed by atoms with Gasteiger partial charge in [-0.25, -0.2) is 0 Å². The second-order valence-electron chi connectivity index (χ2n) is 7.20. The van der Waals surface area contributed by atoms with Crippen LogP contribution in [-0.2, 0) is 4.74 Å². The second-order valence-corrected chi connectivity index (χ2v) is 7.20. The van der Waals surface area contributed by atoms with Crippen molar-refractivity contribution in [1.82, 2.24) is 5.32 Å². The summed E-state index contributed by atoms with van der Waals surface area (Å²) in [6, 6.07) is 1.37. The third-order valence-corrected chi connectivity index (χ3v) is 5.27. The Morgan fingerprint density at radius 1 is 1.15 bits per heavy atom. The van der Waals surface area contributed by atoms with Gasteiger partial charge >= 0.3 is 0 Å².